The Labute approximate surface area is 197 Å². The first kappa shape index (κ1) is 20.7. The van der Waals surface area contributed by atoms with Crippen LogP contribution in [-0.2, 0) is 19.6 Å². The van der Waals surface area contributed by atoms with E-state index >= 15 is 0 Å². The molecule has 3 heterocycles. The zero-order valence-corrected chi connectivity index (χ0v) is 18.9. The van der Waals surface area contributed by atoms with E-state index < -0.39 is 0 Å². The Morgan fingerprint density at radius 2 is 1.65 bits per heavy atom. The molecule has 0 spiro atoms. The van der Waals surface area contributed by atoms with Crippen LogP contribution in [0.5, 0.6) is 5.88 Å². The molecule has 34 heavy (non-hydrogen) atoms. The van der Waals surface area contributed by atoms with Crippen molar-refractivity contribution >= 4 is 16.4 Å². The van der Waals surface area contributed by atoms with Crippen LogP contribution in [0.1, 0.15) is 41.5 Å². The zero-order chi connectivity index (χ0) is 22.7. The summed E-state index contributed by atoms with van der Waals surface area (Å²) < 4.78 is 8.06. The summed E-state index contributed by atoms with van der Waals surface area (Å²) in [7, 11) is 0. The third-order valence-electron chi connectivity index (χ3n) is 6.16. The van der Waals surface area contributed by atoms with Crippen molar-refractivity contribution in [3.8, 4) is 5.88 Å². The van der Waals surface area contributed by atoms with Gasteiger partial charge < -0.3 is 10.1 Å². The van der Waals surface area contributed by atoms with E-state index in [1.165, 1.54) is 5.56 Å². The summed E-state index contributed by atoms with van der Waals surface area (Å²) in [5.74, 6) is 1.95. The summed E-state index contributed by atoms with van der Waals surface area (Å²) in [6.45, 7) is 1.98. The van der Waals surface area contributed by atoms with Gasteiger partial charge in [-0.15, -0.1) is 15.3 Å². The van der Waals surface area contributed by atoms with E-state index in [0.717, 1.165) is 66.0 Å². The Morgan fingerprint density at radius 3 is 2.50 bits per heavy atom. The molecule has 170 valence electrons. The highest BCUT2D eigenvalue weighted by molar-refractivity contribution is 5.96. The fourth-order valence-corrected chi connectivity index (χ4v) is 4.21. The van der Waals surface area contributed by atoms with Gasteiger partial charge in [-0.2, -0.15) is 4.52 Å². The van der Waals surface area contributed by atoms with Gasteiger partial charge in [0.15, 0.2) is 11.5 Å². The second-order valence-electron chi connectivity index (χ2n) is 8.74. The molecule has 0 unspecified atom stereocenters. The molecule has 0 aliphatic heterocycles. The van der Waals surface area contributed by atoms with Gasteiger partial charge in [0, 0.05) is 23.2 Å². The maximum Gasteiger partial charge on any atom is 0.240 e. The van der Waals surface area contributed by atoms with Crippen LogP contribution in [0.4, 0.5) is 0 Å². The van der Waals surface area contributed by atoms with Gasteiger partial charge in [0.25, 0.3) is 0 Å². The molecular formula is C27H26N6O. The van der Waals surface area contributed by atoms with Crippen LogP contribution in [0.15, 0.2) is 72.8 Å². The topological polar surface area (TPSA) is 77.2 Å². The predicted octanol–water partition coefficient (Wildman–Crippen LogP) is 4.46. The van der Waals surface area contributed by atoms with Gasteiger partial charge in [0.1, 0.15) is 6.61 Å². The SMILES string of the molecule is c1ccc(CCNCc2cccc(COc3nn4c(C5CC5)nnc4c4ccccc34)n2)cc1. The van der Waals surface area contributed by atoms with E-state index in [0.29, 0.717) is 18.4 Å². The molecule has 1 N–H and O–H groups in total. The second kappa shape index (κ2) is 9.19. The lowest BCUT2D eigenvalue weighted by atomic mass is 10.1. The number of nitrogens with zero attached hydrogens (tertiary/aromatic N) is 5. The van der Waals surface area contributed by atoms with Crippen molar-refractivity contribution in [2.45, 2.75) is 38.3 Å². The Morgan fingerprint density at radius 1 is 0.853 bits per heavy atom. The van der Waals surface area contributed by atoms with Gasteiger partial charge in [0.2, 0.25) is 5.88 Å². The lowest BCUT2D eigenvalue weighted by Crippen LogP contribution is -2.18. The summed E-state index contributed by atoms with van der Waals surface area (Å²) in [6, 6.07) is 24.6. The Hall–Kier alpha value is -3.84. The Kier molecular flexibility index (Phi) is 5.61. The van der Waals surface area contributed by atoms with Crippen LogP contribution >= 0.6 is 0 Å². The summed E-state index contributed by atoms with van der Waals surface area (Å²) in [5.41, 5.74) is 3.99. The summed E-state index contributed by atoms with van der Waals surface area (Å²) in [5, 5.41) is 19.0. The molecule has 0 saturated heterocycles. The number of benzene rings is 2. The van der Waals surface area contributed by atoms with Gasteiger partial charge in [-0.3, -0.25) is 4.98 Å². The third-order valence-corrected chi connectivity index (χ3v) is 6.16. The number of nitrogens with one attached hydrogen (secondary N) is 1. The average molecular weight is 451 g/mol. The van der Waals surface area contributed by atoms with E-state index in [4.69, 9.17) is 14.8 Å². The summed E-state index contributed by atoms with van der Waals surface area (Å²) in [4.78, 5) is 4.77. The molecular weight excluding hydrogens is 424 g/mol. The molecule has 7 heteroatoms. The largest absolute Gasteiger partial charge is 0.470 e. The highest BCUT2D eigenvalue weighted by Gasteiger charge is 2.30. The number of hydrogen-bond acceptors (Lipinski definition) is 6. The van der Waals surface area contributed by atoms with Crippen molar-refractivity contribution in [1.29, 1.82) is 0 Å². The van der Waals surface area contributed by atoms with Crippen molar-refractivity contribution in [1.82, 2.24) is 30.1 Å². The first-order valence-electron chi connectivity index (χ1n) is 11.8. The smallest absolute Gasteiger partial charge is 0.240 e. The van der Waals surface area contributed by atoms with Gasteiger partial charge in [0.05, 0.1) is 11.4 Å². The van der Waals surface area contributed by atoms with Gasteiger partial charge in [-0.05, 0) is 49.6 Å². The summed E-state index contributed by atoms with van der Waals surface area (Å²) >= 11 is 0. The standard InChI is InChI=1S/C27H26N6O/c1-2-7-19(8-3-1)15-16-28-17-21-9-6-10-22(29-21)18-34-27-24-12-5-4-11-23(24)26-31-30-25(20-13-14-20)33(26)32-27/h1-12,20,28H,13-18H2. The van der Waals surface area contributed by atoms with Crippen LogP contribution in [0.3, 0.4) is 0 Å². The van der Waals surface area contributed by atoms with Gasteiger partial charge in [-0.25, -0.2) is 0 Å². The zero-order valence-electron chi connectivity index (χ0n) is 18.9. The molecule has 3 aromatic heterocycles. The van der Waals surface area contributed by atoms with E-state index in [2.05, 4.69) is 39.8 Å². The molecule has 0 atom stereocenters. The molecule has 1 aliphatic carbocycles. The number of aromatic nitrogens is 5. The molecule has 0 radical (unpaired) electrons. The molecule has 6 rings (SSSR count). The lowest BCUT2D eigenvalue weighted by molar-refractivity contribution is 0.288. The molecule has 1 saturated carbocycles. The van der Waals surface area contributed by atoms with Crippen LogP contribution in [-0.4, -0.2) is 31.3 Å². The minimum atomic E-state index is 0.348. The molecule has 0 bridgehead atoms. The van der Waals surface area contributed by atoms with Crippen molar-refractivity contribution in [2.24, 2.45) is 0 Å². The molecule has 1 aliphatic rings. The minimum absolute atomic E-state index is 0.348. The normalized spacial score (nSPS) is 13.5. The average Bonchev–Trinajstić information content (AvgIpc) is 3.64. The number of hydrogen-bond donors (Lipinski definition) is 1. The van der Waals surface area contributed by atoms with Crippen molar-refractivity contribution in [3.05, 3.63) is 95.6 Å². The predicted molar refractivity (Wildman–Crippen MR) is 131 cm³/mol. The minimum Gasteiger partial charge on any atom is -0.470 e. The Bertz CT molecular complexity index is 1430. The third kappa shape index (κ3) is 4.34. The van der Waals surface area contributed by atoms with E-state index in [-0.39, 0.29) is 0 Å². The van der Waals surface area contributed by atoms with Gasteiger partial charge in [-0.1, -0.05) is 54.6 Å². The highest BCUT2D eigenvalue weighted by atomic mass is 16.5. The number of ether oxygens (including phenoxy) is 1. The quantitative estimate of drug-likeness (QED) is 0.334. The van der Waals surface area contributed by atoms with Crippen LogP contribution in [0.2, 0.25) is 0 Å². The fourth-order valence-electron chi connectivity index (χ4n) is 4.21. The van der Waals surface area contributed by atoms with Crippen molar-refractivity contribution < 1.29 is 4.74 Å². The highest BCUT2D eigenvalue weighted by Crippen LogP contribution is 2.39. The molecule has 5 aromatic rings. The number of pyridine rings is 1. The first-order chi connectivity index (χ1) is 16.8. The van der Waals surface area contributed by atoms with E-state index in [1.54, 1.807) is 0 Å². The molecule has 2 aromatic carbocycles. The monoisotopic (exact) mass is 450 g/mol. The number of fused-ring (bicyclic) bond motifs is 3. The first-order valence-corrected chi connectivity index (χ1v) is 11.8. The molecule has 7 nitrogen and oxygen atoms in total. The Balaban J connectivity index is 1.16. The fraction of sp³-hybridized carbons (Fsp3) is 0.259. The second-order valence-corrected chi connectivity index (χ2v) is 8.74. The van der Waals surface area contributed by atoms with Crippen LogP contribution in [0, 0.1) is 0 Å². The van der Waals surface area contributed by atoms with E-state index in [9.17, 15) is 0 Å². The van der Waals surface area contributed by atoms with Gasteiger partial charge >= 0.3 is 0 Å². The molecule has 0 amide bonds. The van der Waals surface area contributed by atoms with E-state index in [1.807, 2.05) is 53.0 Å². The lowest BCUT2D eigenvalue weighted by Gasteiger charge is -2.11. The maximum atomic E-state index is 6.21. The maximum absolute atomic E-state index is 6.21. The number of rotatable bonds is 9. The van der Waals surface area contributed by atoms with Crippen molar-refractivity contribution in [3.63, 3.8) is 0 Å². The molecule has 1 fully saturated rings. The van der Waals surface area contributed by atoms with Crippen molar-refractivity contribution in [2.75, 3.05) is 6.54 Å². The summed E-state index contributed by atoms with van der Waals surface area (Å²) in [6.07, 6.45) is 3.28. The van der Waals surface area contributed by atoms with Crippen LogP contribution < -0.4 is 10.1 Å². The van der Waals surface area contributed by atoms with Crippen LogP contribution in [0.25, 0.3) is 16.4 Å².